The van der Waals surface area contributed by atoms with E-state index in [1.54, 1.807) is 0 Å². The highest BCUT2D eigenvalue weighted by Crippen LogP contribution is 2.34. The van der Waals surface area contributed by atoms with Gasteiger partial charge in [-0.15, -0.1) is 0 Å². The van der Waals surface area contributed by atoms with E-state index in [9.17, 15) is 14.7 Å². The Bertz CT molecular complexity index is 527. The molecule has 0 radical (unpaired) electrons. The van der Waals surface area contributed by atoms with Gasteiger partial charge in [0.25, 0.3) is 0 Å². The highest BCUT2D eigenvalue weighted by Gasteiger charge is 2.27. The molecule has 2 rings (SSSR count). The highest BCUT2D eigenvalue weighted by molar-refractivity contribution is 5.83. The summed E-state index contributed by atoms with van der Waals surface area (Å²) in [6.07, 6.45) is 5.74. The number of aliphatic carboxylic acids is 1. The van der Waals surface area contributed by atoms with Gasteiger partial charge in [0, 0.05) is 6.42 Å². The van der Waals surface area contributed by atoms with Crippen LogP contribution in [0.4, 0.5) is 0 Å². The number of hydrogen-bond donors (Lipinski definition) is 2. The van der Waals surface area contributed by atoms with E-state index in [0.29, 0.717) is 12.8 Å². The lowest BCUT2D eigenvalue weighted by molar-refractivity contribution is -0.142. The molecule has 1 aromatic rings. The average molecular weight is 303 g/mol. The van der Waals surface area contributed by atoms with Gasteiger partial charge in [0.1, 0.15) is 6.04 Å². The normalized spacial score (nSPS) is 18.3. The molecular formula is C18H25NO3. The minimum Gasteiger partial charge on any atom is -0.480 e. The van der Waals surface area contributed by atoms with E-state index >= 15 is 0 Å². The van der Waals surface area contributed by atoms with Crippen molar-refractivity contribution in [1.29, 1.82) is 0 Å². The van der Waals surface area contributed by atoms with Crippen molar-refractivity contribution in [2.24, 2.45) is 0 Å². The molecule has 1 aliphatic rings. The molecule has 0 aromatic heterocycles. The lowest BCUT2D eigenvalue weighted by Crippen LogP contribution is -2.42. The van der Waals surface area contributed by atoms with Crippen LogP contribution in [-0.2, 0) is 16.0 Å². The molecule has 1 amide bonds. The number of carbonyl (C=O) groups is 2. The Kier molecular flexibility index (Phi) is 5.99. The first-order valence-electron chi connectivity index (χ1n) is 8.21. The maximum atomic E-state index is 11.8. The van der Waals surface area contributed by atoms with Gasteiger partial charge < -0.3 is 10.4 Å². The Hall–Kier alpha value is -1.84. The van der Waals surface area contributed by atoms with Crippen LogP contribution >= 0.6 is 0 Å². The van der Waals surface area contributed by atoms with Crippen molar-refractivity contribution in [3.63, 3.8) is 0 Å². The van der Waals surface area contributed by atoms with Gasteiger partial charge in [-0.2, -0.15) is 0 Å². The summed E-state index contributed by atoms with van der Waals surface area (Å²) in [5.41, 5.74) is 2.57. The van der Waals surface area contributed by atoms with Gasteiger partial charge >= 0.3 is 5.97 Å². The molecule has 0 spiro atoms. The second-order valence-corrected chi connectivity index (χ2v) is 6.09. The number of amides is 1. The third-order valence-electron chi connectivity index (χ3n) is 4.40. The molecule has 2 unspecified atom stereocenters. The van der Waals surface area contributed by atoms with Crippen molar-refractivity contribution in [2.45, 2.75) is 63.8 Å². The Morgan fingerprint density at radius 3 is 2.86 bits per heavy atom. The molecule has 0 aliphatic heterocycles. The van der Waals surface area contributed by atoms with Crippen molar-refractivity contribution in [2.75, 3.05) is 0 Å². The van der Waals surface area contributed by atoms with E-state index in [0.717, 1.165) is 32.1 Å². The number of rotatable bonds is 7. The first-order chi connectivity index (χ1) is 10.6. The van der Waals surface area contributed by atoms with Gasteiger partial charge in [0.05, 0.1) is 0 Å². The number of carbonyl (C=O) groups excluding carboxylic acids is 1. The number of nitrogens with one attached hydrogen (secondary N) is 1. The predicted molar refractivity (Wildman–Crippen MR) is 85.8 cm³/mol. The van der Waals surface area contributed by atoms with Crippen LogP contribution in [0.1, 0.15) is 62.5 Å². The van der Waals surface area contributed by atoms with Crippen LogP contribution in [0.15, 0.2) is 24.3 Å². The maximum Gasteiger partial charge on any atom is 0.326 e. The molecule has 0 fully saturated rings. The fourth-order valence-corrected chi connectivity index (χ4v) is 3.21. The molecule has 4 heteroatoms. The van der Waals surface area contributed by atoms with Crippen molar-refractivity contribution < 1.29 is 14.7 Å². The van der Waals surface area contributed by atoms with Crippen LogP contribution in [0.2, 0.25) is 0 Å². The molecule has 2 N–H and O–H groups in total. The fourth-order valence-electron chi connectivity index (χ4n) is 3.21. The first kappa shape index (κ1) is 16.5. The smallest absolute Gasteiger partial charge is 0.326 e. The van der Waals surface area contributed by atoms with E-state index in [-0.39, 0.29) is 11.8 Å². The number of benzene rings is 1. The maximum absolute atomic E-state index is 11.8. The van der Waals surface area contributed by atoms with E-state index in [1.165, 1.54) is 11.1 Å². The number of carboxylic acid groups (broad SMARTS) is 1. The van der Waals surface area contributed by atoms with Crippen LogP contribution in [-0.4, -0.2) is 23.0 Å². The number of unbranched alkanes of at least 4 members (excludes halogenated alkanes) is 1. The minimum atomic E-state index is -0.937. The zero-order valence-electron chi connectivity index (χ0n) is 13.2. The Morgan fingerprint density at radius 2 is 2.14 bits per heavy atom. The summed E-state index contributed by atoms with van der Waals surface area (Å²) in [4.78, 5) is 23.3. The van der Waals surface area contributed by atoms with Gasteiger partial charge in [-0.3, -0.25) is 4.79 Å². The molecule has 0 bridgehead atoms. The second kappa shape index (κ2) is 7.97. The van der Waals surface area contributed by atoms with Crippen molar-refractivity contribution >= 4 is 11.9 Å². The zero-order chi connectivity index (χ0) is 15.9. The topological polar surface area (TPSA) is 66.4 Å². The molecular weight excluding hydrogens is 278 g/mol. The van der Waals surface area contributed by atoms with Crippen LogP contribution in [0.25, 0.3) is 0 Å². The SMILES string of the molecule is CCCCC(=O)NC(CC1CCCc2ccccc21)C(=O)O. The molecule has 4 nitrogen and oxygen atoms in total. The quantitative estimate of drug-likeness (QED) is 0.812. The van der Waals surface area contributed by atoms with Gasteiger partial charge in [-0.25, -0.2) is 4.79 Å². The van der Waals surface area contributed by atoms with Crippen LogP contribution in [0.5, 0.6) is 0 Å². The molecule has 120 valence electrons. The van der Waals surface area contributed by atoms with Crippen molar-refractivity contribution in [1.82, 2.24) is 5.32 Å². The summed E-state index contributed by atoms with van der Waals surface area (Å²) in [7, 11) is 0. The third-order valence-corrected chi connectivity index (χ3v) is 4.40. The number of carboxylic acids is 1. The van der Waals surface area contributed by atoms with E-state index in [2.05, 4.69) is 17.4 Å². The summed E-state index contributed by atoms with van der Waals surface area (Å²) in [6.45, 7) is 2.01. The van der Waals surface area contributed by atoms with Crippen LogP contribution in [0.3, 0.4) is 0 Å². The Balaban J connectivity index is 2.03. The second-order valence-electron chi connectivity index (χ2n) is 6.09. The average Bonchev–Trinajstić information content (AvgIpc) is 2.52. The number of fused-ring (bicyclic) bond motifs is 1. The van der Waals surface area contributed by atoms with E-state index in [1.807, 2.05) is 19.1 Å². The monoisotopic (exact) mass is 303 g/mol. The highest BCUT2D eigenvalue weighted by atomic mass is 16.4. The van der Waals surface area contributed by atoms with Gasteiger partial charge in [-0.05, 0) is 49.1 Å². The summed E-state index contributed by atoms with van der Waals surface area (Å²) >= 11 is 0. The summed E-state index contributed by atoms with van der Waals surface area (Å²) in [5.74, 6) is -0.872. The van der Waals surface area contributed by atoms with Crippen molar-refractivity contribution in [3.05, 3.63) is 35.4 Å². The van der Waals surface area contributed by atoms with E-state index in [4.69, 9.17) is 0 Å². The minimum absolute atomic E-state index is 0.154. The lowest BCUT2D eigenvalue weighted by Gasteiger charge is -2.28. The van der Waals surface area contributed by atoms with Crippen molar-refractivity contribution in [3.8, 4) is 0 Å². The van der Waals surface area contributed by atoms with Gasteiger partial charge in [0.2, 0.25) is 5.91 Å². The Labute approximate surface area is 131 Å². The molecule has 0 saturated heterocycles. The van der Waals surface area contributed by atoms with E-state index < -0.39 is 12.0 Å². The molecule has 0 heterocycles. The molecule has 22 heavy (non-hydrogen) atoms. The summed E-state index contributed by atoms with van der Waals surface area (Å²) < 4.78 is 0. The number of aryl methyl sites for hydroxylation is 1. The third kappa shape index (κ3) is 4.33. The van der Waals surface area contributed by atoms with Gasteiger partial charge in [0.15, 0.2) is 0 Å². The fraction of sp³-hybridized carbons (Fsp3) is 0.556. The molecule has 1 aliphatic carbocycles. The first-order valence-corrected chi connectivity index (χ1v) is 8.21. The largest absolute Gasteiger partial charge is 0.480 e. The summed E-state index contributed by atoms with van der Waals surface area (Å²) in [5, 5.41) is 12.1. The standard InChI is InChI=1S/C18H25NO3/c1-2-3-11-17(20)19-16(18(21)22)12-14-9-6-8-13-7-4-5-10-15(13)14/h4-5,7,10,14,16H,2-3,6,8-9,11-12H2,1H3,(H,19,20)(H,21,22). The summed E-state index contributed by atoms with van der Waals surface area (Å²) in [6, 6.07) is 7.46. The molecule has 0 saturated carbocycles. The predicted octanol–water partition coefficient (Wildman–Crippen LogP) is 3.26. The Morgan fingerprint density at radius 1 is 1.36 bits per heavy atom. The zero-order valence-corrected chi connectivity index (χ0v) is 13.2. The molecule has 2 atom stereocenters. The van der Waals surface area contributed by atoms with Gasteiger partial charge in [-0.1, -0.05) is 37.6 Å². The van der Waals surface area contributed by atoms with Crippen LogP contribution < -0.4 is 5.32 Å². The van der Waals surface area contributed by atoms with Crippen LogP contribution in [0, 0.1) is 0 Å². The lowest BCUT2D eigenvalue weighted by atomic mass is 9.79. The molecule has 1 aromatic carbocycles. The number of hydrogen-bond acceptors (Lipinski definition) is 2.